The number of halogens is 1. The maximum absolute atomic E-state index is 13.0. The monoisotopic (exact) mass is 363 g/mol. The minimum absolute atomic E-state index is 0.0806. The molecule has 0 bridgehead atoms. The first-order valence-electron chi connectivity index (χ1n) is 8.15. The number of hydrogen-bond acceptors (Lipinski definition) is 5. The molecule has 1 saturated carbocycles. The normalized spacial score (nSPS) is 22.2. The van der Waals surface area contributed by atoms with E-state index in [9.17, 15) is 23.6 Å². The summed E-state index contributed by atoms with van der Waals surface area (Å²) >= 11 is 0. The highest BCUT2D eigenvalue weighted by Crippen LogP contribution is 2.42. The summed E-state index contributed by atoms with van der Waals surface area (Å²) in [7, 11) is 0. The van der Waals surface area contributed by atoms with Crippen molar-refractivity contribution in [2.24, 2.45) is 5.92 Å². The number of amides is 4. The molecule has 0 spiro atoms. The van der Waals surface area contributed by atoms with Crippen LogP contribution in [0.15, 0.2) is 24.3 Å². The maximum Gasteiger partial charge on any atom is 0.326 e. The Kier molecular flexibility index (Phi) is 4.62. The Labute approximate surface area is 148 Å². The number of carbonyl (C=O) groups is 4. The van der Waals surface area contributed by atoms with E-state index in [0.717, 1.165) is 23.8 Å². The van der Waals surface area contributed by atoms with Crippen molar-refractivity contribution in [3.63, 3.8) is 0 Å². The van der Waals surface area contributed by atoms with Gasteiger partial charge in [0.2, 0.25) is 0 Å². The van der Waals surface area contributed by atoms with E-state index in [1.807, 2.05) is 0 Å². The maximum atomic E-state index is 13.0. The van der Waals surface area contributed by atoms with Gasteiger partial charge in [-0.25, -0.2) is 9.18 Å². The van der Waals surface area contributed by atoms with Gasteiger partial charge in [0.1, 0.15) is 17.9 Å². The molecule has 3 rings (SSSR count). The number of imide groups is 1. The van der Waals surface area contributed by atoms with Gasteiger partial charge in [0.05, 0.1) is 0 Å². The van der Waals surface area contributed by atoms with Gasteiger partial charge in [0.25, 0.3) is 11.8 Å². The van der Waals surface area contributed by atoms with Crippen LogP contribution in [0.5, 0.6) is 0 Å². The van der Waals surface area contributed by atoms with Crippen LogP contribution in [0.3, 0.4) is 0 Å². The number of ether oxygens (including phenoxy) is 1. The topological polar surface area (TPSA) is 105 Å². The summed E-state index contributed by atoms with van der Waals surface area (Å²) in [5, 5.41) is 4.98. The van der Waals surface area contributed by atoms with Crippen molar-refractivity contribution in [3.05, 3.63) is 30.1 Å². The predicted octanol–water partition coefficient (Wildman–Crippen LogP) is 1.03. The standard InChI is InChI=1S/C17H18FN3O5/c1-17(10-5-6-10)15(24)21(16(25)20-17)8-14(23)26-9-13(22)19-12-4-2-3-11(18)7-12/h2-4,7,10H,5-6,8-9H2,1H3,(H,19,22)(H,20,25)/t17-/m1/s1. The average molecular weight is 363 g/mol. The Hall–Kier alpha value is -2.97. The fourth-order valence-corrected chi connectivity index (χ4v) is 2.88. The van der Waals surface area contributed by atoms with E-state index in [0.29, 0.717) is 0 Å². The van der Waals surface area contributed by atoms with Crippen LogP contribution in [0.1, 0.15) is 19.8 Å². The van der Waals surface area contributed by atoms with Crippen molar-refractivity contribution in [1.29, 1.82) is 0 Å². The third kappa shape index (κ3) is 3.66. The highest BCUT2D eigenvalue weighted by molar-refractivity contribution is 6.09. The zero-order valence-electron chi connectivity index (χ0n) is 14.1. The lowest BCUT2D eigenvalue weighted by molar-refractivity contribution is -0.150. The Morgan fingerprint density at radius 1 is 1.38 bits per heavy atom. The molecule has 26 heavy (non-hydrogen) atoms. The number of urea groups is 1. The summed E-state index contributed by atoms with van der Waals surface area (Å²) in [6.45, 7) is 0.460. The number of carbonyl (C=O) groups excluding carboxylic acids is 4. The van der Waals surface area contributed by atoms with Gasteiger partial charge in [-0.1, -0.05) is 6.07 Å². The molecule has 1 aromatic rings. The van der Waals surface area contributed by atoms with Crippen LogP contribution in [-0.4, -0.2) is 47.4 Å². The summed E-state index contributed by atoms with van der Waals surface area (Å²) in [5.41, 5.74) is -0.757. The largest absolute Gasteiger partial charge is 0.454 e. The highest BCUT2D eigenvalue weighted by atomic mass is 19.1. The molecule has 9 heteroatoms. The number of esters is 1. The first-order valence-corrected chi connectivity index (χ1v) is 8.15. The van der Waals surface area contributed by atoms with E-state index in [-0.39, 0.29) is 11.6 Å². The minimum Gasteiger partial charge on any atom is -0.454 e. The number of nitrogens with zero attached hydrogens (tertiary/aromatic N) is 1. The SMILES string of the molecule is C[C@]1(C2CC2)NC(=O)N(CC(=O)OCC(=O)Nc2cccc(F)c2)C1=O. The number of anilines is 1. The van der Waals surface area contributed by atoms with Gasteiger partial charge in [0.15, 0.2) is 6.61 Å². The van der Waals surface area contributed by atoms with Crippen molar-refractivity contribution < 1.29 is 28.3 Å². The van der Waals surface area contributed by atoms with Gasteiger partial charge >= 0.3 is 12.0 Å². The second kappa shape index (κ2) is 6.74. The molecule has 2 fully saturated rings. The fraction of sp³-hybridized carbons (Fsp3) is 0.412. The Morgan fingerprint density at radius 3 is 2.77 bits per heavy atom. The second-order valence-corrected chi connectivity index (χ2v) is 6.52. The van der Waals surface area contributed by atoms with Crippen LogP contribution in [0, 0.1) is 11.7 Å². The van der Waals surface area contributed by atoms with E-state index in [1.165, 1.54) is 18.2 Å². The average Bonchev–Trinajstić information content (AvgIpc) is 3.39. The van der Waals surface area contributed by atoms with Gasteiger partial charge in [-0.3, -0.25) is 19.3 Å². The molecule has 1 aliphatic heterocycles. The minimum atomic E-state index is -0.980. The van der Waals surface area contributed by atoms with Crippen LogP contribution in [-0.2, 0) is 19.1 Å². The molecule has 2 aliphatic rings. The molecule has 1 heterocycles. The molecule has 138 valence electrons. The van der Waals surface area contributed by atoms with Gasteiger partial charge in [0, 0.05) is 5.69 Å². The lowest BCUT2D eigenvalue weighted by Gasteiger charge is -2.20. The first-order chi connectivity index (χ1) is 12.3. The summed E-state index contributed by atoms with van der Waals surface area (Å²) in [6.07, 6.45) is 1.70. The van der Waals surface area contributed by atoms with E-state index in [4.69, 9.17) is 4.74 Å². The molecular formula is C17H18FN3O5. The Bertz CT molecular complexity index is 779. The van der Waals surface area contributed by atoms with Crippen LogP contribution < -0.4 is 10.6 Å². The third-order valence-electron chi connectivity index (χ3n) is 4.45. The third-order valence-corrected chi connectivity index (χ3v) is 4.45. The Morgan fingerprint density at radius 2 is 2.12 bits per heavy atom. The molecule has 8 nitrogen and oxygen atoms in total. The summed E-state index contributed by atoms with van der Waals surface area (Å²) in [6, 6.07) is 4.60. The number of hydrogen-bond donors (Lipinski definition) is 2. The molecule has 0 aromatic heterocycles. The van der Waals surface area contributed by atoms with Gasteiger partial charge in [-0.15, -0.1) is 0 Å². The summed E-state index contributed by atoms with van der Waals surface area (Å²) in [4.78, 5) is 48.7. The van der Waals surface area contributed by atoms with Gasteiger partial charge < -0.3 is 15.4 Å². The van der Waals surface area contributed by atoms with E-state index >= 15 is 0 Å². The van der Waals surface area contributed by atoms with Crippen LogP contribution in [0.4, 0.5) is 14.9 Å². The van der Waals surface area contributed by atoms with Crippen molar-refractivity contribution in [2.45, 2.75) is 25.3 Å². The summed E-state index contributed by atoms with van der Waals surface area (Å²) < 4.78 is 17.8. The van der Waals surface area contributed by atoms with E-state index in [1.54, 1.807) is 6.92 Å². The van der Waals surface area contributed by atoms with Crippen molar-refractivity contribution in [1.82, 2.24) is 10.2 Å². The zero-order chi connectivity index (χ0) is 18.9. The lowest BCUT2D eigenvalue weighted by atomic mass is 9.96. The Balaban J connectivity index is 1.49. The van der Waals surface area contributed by atoms with Gasteiger partial charge in [-0.05, 0) is 43.9 Å². The fourth-order valence-electron chi connectivity index (χ4n) is 2.88. The molecular weight excluding hydrogens is 345 g/mol. The highest BCUT2D eigenvalue weighted by Gasteiger charge is 2.56. The van der Waals surface area contributed by atoms with Crippen LogP contribution in [0.2, 0.25) is 0 Å². The molecule has 1 atom stereocenters. The van der Waals surface area contributed by atoms with Crippen molar-refractivity contribution >= 4 is 29.5 Å². The molecule has 2 N–H and O–H groups in total. The lowest BCUT2D eigenvalue weighted by Crippen LogP contribution is -2.46. The van der Waals surface area contributed by atoms with E-state index in [2.05, 4.69) is 10.6 Å². The van der Waals surface area contributed by atoms with Crippen LogP contribution >= 0.6 is 0 Å². The number of benzene rings is 1. The molecule has 4 amide bonds. The van der Waals surface area contributed by atoms with Crippen molar-refractivity contribution in [3.8, 4) is 0 Å². The van der Waals surface area contributed by atoms with Gasteiger partial charge in [-0.2, -0.15) is 0 Å². The van der Waals surface area contributed by atoms with E-state index < -0.39 is 48.3 Å². The summed E-state index contributed by atoms with van der Waals surface area (Å²) in [5.74, 6) is -2.45. The second-order valence-electron chi connectivity index (χ2n) is 6.52. The number of nitrogens with one attached hydrogen (secondary N) is 2. The number of rotatable bonds is 6. The molecule has 0 unspecified atom stereocenters. The smallest absolute Gasteiger partial charge is 0.326 e. The first kappa shape index (κ1) is 17.8. The molecule has 1 aromatic carbocycles. The van der Waals surface area contributed by atoms with Crippen molar-refractivity contribution in [2.75, 3.05) is 18.5 Å². The quantitative estimate of drug-likeness (QED) is 0.580. The van der Waals surface area contributed by atoms with Crippen LogP contribution in [0.25, 0.3) is 0 Å². The molecule has 1 aliphatic carbocycles. The molecule has 0 radical (unpaired) electrons. The molecule has 1 saturated heterocycles. The predicted molar refractivity (Wildman–Crippen MR) is 87.4 cm³/mol. The zero-order valence-corrected chi connectivity index (χ0v) is 14.1.